The van der Waals surface area contributed by atoms with Crippen LogP contribution in [0.2, 0.25) is 0 Å². The van der Waals surface area contributed by atoms with E-state index in [9.17, 15) is 92.7 Å². The predicted molar refractivity (Wildman–Crippen MR) is 545 cm³/mol. The van der Waals surface area contributed by atoms with Gasteiger partial charge in [0.25, 0.3) is 0 Å². The summed E-state index contributed by atoms with van der Waals surface area (Å²) in [5.41, 5.74) is 8.48. The molecule has 2 aliphatic heterocycles. The van der Waals surface area contributed by atoms with Crippen LogP contribution >= 0.6 is 11.8 Å². The molecule has 2 aromatic heterocycles. The lowest BCUT2D eigenvalue weighted by molar-refractivity contribution is -0.150. The first kappa shape index (κ1) is 119. The maximum absolute atomic E-state index is 15.6. The van der Waals surface area contributed by atoms with Crippen LogP contribution in [-0.4, -0.2) is 346 Å². The van der Waals surface area contributed by atoms with Crippen molar-refractivity contribution >= 4 is 135 Å². The summed E-state index contributed by atoms with van der Waals surface area (Å²) >= 11 is 0.725. The number of aromatic nitrogens is 3. The molecular formula is C102H143N21O24S. The highest BCUT2D eigenvalue weighted by Gasteiger charge is 2.47. The number of thioether (sulfide) groups is 1. The van der Waals surface area contributed by atoms with Gasteiger partial charge in [-0.05, 0) is 107 Å². The van der Waals surface area contributed by atoms with Crippen molar-refractivity contribution in [2.24, 2.45) is 11.7 Å². The van der Waals surface area contributed by atoms with Gasteiger partial charge >= 0.3 is 5.97 Å². The molecule has 0 bridgehead atoms. The van der Waals surface area contributed by atoms with E-state index < -0.39 is 265 Å². The lowest BCUT2D eigenvalue weighted by Crippen LogP contribution is -2.63. The monoisotopic (exact) mass is 2080 g/mol. The van der Waals surface area contributed by atoms with Crippen molar-refractivity contribution in [3.63, 3.8) is 0 Å². The number of primary amides is 1. The molecule has 18 amide bonds. The third-order valence-corrected chi connectivity index (χ3v) is 27.0. The number of amides is 18. The van der Waals surface area contributed by atoms with Crippen molar-refractivity contribution in [1.82, 2.24) is 103 Å². The molecule has 18 atom stereocenters. The zero-order valence-electron chi connectivity index (χ0n) is 85.5. The number of aliphatic hydroxyl groups excluding tert-OH is 3. The van der Waals surface area contributed by atoms with Crippen LogP contribution in [-0.2, 0) is 123 Å². The van der Waals surface area contributed by atoms with Crippen LogP contribution in [0.25, 0.3) is 10.9 Å². The molecule has 2 aliphatic rings. The first-order chi connectivity index (χ1) is 70.2. The number of benzene rings is 4. The molecule has 148 heavy (non-hydrogen) atoms. The second kappa shape index (κ2) is 58.2. The van der Waals surface area contributed by atoms with Crippen molar-refractivity contribution in [2.45, 2.75) is 280 Å². The first-order valence-corrected chi connectivity index (χ1v) is 50.9. The Morgan fingerprint density at radius 1 is 0.520 bits per heavy atom. The van der Waals surface area contributed by atoms with Crippen LogP contribution in [0.5, 0.6) is 5.75 Å². The molecule has 4 heterocycles. The number of carboxylic acids is 1. The van der Waals surface area contributed by atoms with E-state index in [4.69, 9.17) is 5.73 Å². The Balaban J connectivity index is 1.15. The Morgan fingerprint density at radius 2 is 1.08 bits per heavy atom. The average Bonchev–Trinajstić information content (AvgIpc) is 1.55. The number of fused-ring (bicyclic) bond motifs is 2. The Labute approximate surface area is 863 Å². The number of nitrogens with zero attached hydrogens (tertiary/aromatic N) is 6. The summed E-state index contributed by atoms with van der Waals surface area (Å²) in [6.45, 7) is 9.95. The number of aliphatic hydroxyl groups is 3. The molecule has 4 aromatic carbocycles. The number of H-pyrrole nitrogens is 2. The minimum atomic E-state index is -2.00. The highest BCUT2D eigenvalue weighted by atomic mass is 32.2. The third kappa shape index (κ3) is 36.0. The number of rotatable bonds is 31. The number of aliphatic carboxylic acids is 1. The van der Waals surface area contributed by atoms with Gasteiger partial charge in [-0.2, -0.15) is 0 Å². The SMILES string of the molecule is CCCCCCCCCC(=O)NCCCC[C@H](NC(=O)[C@@H]1CSCC(=O)N[C@@H](Cc2c[nH]c3ccccc23)C(=O)N[C@@H]([C@@H](C)O)C(=O)N(C)CC(=O)N[C@@H](CC(=O)O)C(=O)N(C)[C@@H](Cc2ccccc2)C(=O)N(C)[C@@H](Cc2ccccc2)C(=O)N[C@@H](C)C(=O)N(C)[C@@H](C)C(=O)N[C@@H](Cc2cnc[nH]2)C(=O)N[C@@H](Cc2ccc(O)cc2)C(=O)N[C@@H]([C@@H](C)O)C(=O)N[C@@H](C(C)C)C(=O)N2C[C@H](O)C[C@H]2C(=O)N[C@@H](C)C(=O)N1)C(N)=O. The number of hydrogen-bond donors (Lipinski definition) is 20. The molecular weight excluding hydrogens is 1940 g/mol. The highest BCUT2D eigenvalue weighted by Crippen LogP contribution is 2.26. The van der Waals surface area contributed by atoms with Gasteiger partial charge < -0.3 is 130 Å². The number of likely N-dealkylation sites (N-methyl/N-ethyl adjacent to an activating group) is 4. The normalized spacial score (nSPS) is 24.1. The van der Waals surface area contributed by atoms with Crippen molar-refractivity contribution in [3.8, 4) is 5.75 Å². The summed E-state index contributed by atoms with van der Waals surface area (Å²) in [7, 11) is 4.74. The van der Waals surface area contributed by atoms with Crippen LogP contribution in [0.4, 0.5) is 0 Å². The van der Waals surface area contributed by atoms with E-state index in [2.05, 4.69) is 85.7 Å². The van der Waals surface area contributed by atoms with E-state index >= 15 is 24.0 Å². The fourth-order valence-corrected chi connectivity index (χ4v) is 18.0. The number of unbranched alkanes of at least 4 members (excludes halogenated alkanes) is 7. The summed E-state index contributed by atoms with van der Waals surface area (Å²) < 4.78 is 0. The smallest absolute Gasteiger partial charge is 0.305 e. The maximum atomic E-state index is 15.6. The van der Waals surface area contributed by atoms with E-state index in [1.807, 2.05) is 0 Å². The largest absolute Gasteiger partial charge is 0.508 e. The van der Waals surface area contributed by atoms with Gasteiger partial charge in [-0.15, -0.1) is 11.8 Å². The fourth-order valence-electron chi connectivity index (χ4n) is 17.1. The van der Waals surface area contributed by atoms with Gasteiger partial charge in [0, 0.05) is 121 Å². The van der Waals surface area contributed by atoms with E-state index in [1.165, 1.54) is 85.5 Å². The fraction of sp³-hybridized carbons (Fsp3) is 0.529. The number of aromatic amines is 2. The lowest BCUT2D eigenvalue weighted by atomic mass is 9.99. The number of para-hydroxylation sites is 1. The van der Waals surface area contributed by atoms with Crippen LogP contribution in [0.1, 0.15) is 167 Å². The van der Waals surface area contributed by atoms with Gasteiger partial charge in [-0.3, -0.25) is 91.1 Å². The standard InChI is InChI=1S/C102H143N21O24S/c1-13-14-15-16-17-18-25-37-81(128)105-42-29-28-36-72(88(103)133)112-94(139)77-54-148-55-83(130)110-74(46-66-50-106-71-35-27-26-34-70(66)71)93(138)118-87(62(8)125)101(146)119(9)53-82(129)111-76(49-84(131)132)99(144)122(12)80(45-64-32-23-20-24-33-64)100(145)121(11)78(44-63-30-21-19-22-31-63)95(140)109-59(5)98(143)120(10)60(6)90(135)113-75(47-67-51-104-56-107-67)91(136)114-73(43-65-38-40-68(126)41-39-65)92(137)117-86(61(7)124)97(142)116-85(57(2)3)102(147)123-52-69(127)48-79(123)96(141)108-58(4)89(134)115-77/h19-24,26-27,30-35,38-41,50-51,56-62,69,72-80,85-87,106,124-127H,13-18,25,28-29,36-37,42-49,52-55H2,1-12H3,(H2,103,133)(H,104,107)(H,105,128)(H,108,141)(H,109,140)(H,110,130)(H,111,129)(H,112,139)(H,113,135)(H,114,136)(H,115,134)(H,116,142)(H,117,137)(H,118,138)(H,131,132)/t58-,59-,60-,61+,62+,69+,72-,73-,74-,75-,76-,77-,78-,79-,80-,85-,86-,87-/m0/s1. The summed E-state index contributed by atoms with van der Waals surface area (Å²) in [4.78, 5) is 291. The number of imidazole rings is 1. The van der Waals surface area contributed by atoms with Crippen molar-refractivity contribution in [1.29, 1.82) is 0 Å². The molecule has 2 saturated heterocycles. The number of carboxylic acid groups (broad SMARTS) is 1. The summed E-state index contributed by atoms with van der Waals surface area (Å²) in [6, 6.07) is 3.98. The highest BCUT2D eigenvalue weighted by molar-refractivity contribution is 8.00. The third-order valence-electron chi connectivity index (χ3n) is 26.0. The molecule has 0 spiro atoms. The zero-order valence-corrected chi connectivity index (χ0v) is 86.3. The number of carbonyl (C=O) groups is 19. The Kier molecular flexibility index (Phi) is 46.7. The average molecular weight is 2080 g/mol. The van der Waals surface area contributed by atoms with Crippen molar-refractivity contribution < 1.29 is 117 Å². The van der Waals surface area contributed by atoms with Gasteiger partial charge in [-0.25, -0.2) is 4.98 Å². The molecule has 8 rings (SSSR count). The second-order valence-electron chi connectivity index (χ2n) is 38.1. The minimum Gasteiger partial charge on any atom is -0.508 e. The zero-order chi connectivity index (χ0) is 109. The van der Waals surface area contributed by atoms with Crippen LogP contribution in [0.15, 0.2) is 128 Å². The van der Waals surface area contributed by atoms with Gasteiger partial charge in [-0.1, -0.05) is 150 Å². The van der Waals surface area contributed by atoms with Crippen molar-refractivity contribution in [2.75, 3.05) is 59.3 Å². The van der Waals surface area contributed by atoms with Crippen LogP contribution < -0.4 is 69.5 Å². The minimum absolute atomic E-state index is 0.0578. The van der Waals surface area contributed by atoms with Gasteiger partial charge in [0.15, 0.2) is 0 Å². The molecule has 0 aliphatic carbocycles. The van der Waals surface area contributed by atoms with Gasteiger partial charge in [0.1, 0.15) is 96.4 Å². The number of nitrogens with two attached hydrogens (primary N) is 1. The number of carbonyl (C=O) groups excluding carboxylic acids is 18. The van der Waals surface area contributed by atoms with Crippen LogP contribution in [0, 0.1) is 5.92 Å². The number of hydrogen-bond acceptors (Lipinski definition) is 25. The predicted octanol–water partition coefficient (Wildman–Crippen LogP) is -1.04. The number of nitrogens with one attached hydrogen (secondary N) is 14. The van der Waals surface area contributed by atoms with Crippen molar-refractivity contribution in [3.05, 3.63) is 156 Å². The Bertz CT molecular complexity index is 5540. The topological polar surface area (TPSA) is 657 Å². The number of phenols is 1. The molecule has 45 nitrogen and oxygen atoms in total. The molecule has 0 saturated carbocycles. The lowest BCUT2D eigenvalue weighted by Gasteiger charge is -2.36. The summed E-state index contributed by atoms with van der Waals surface area (Å²) in [6.07, 6.45) is 3.99. The summed E-state index contributed by atoms with van der Waals surface area (Å²) in [5.74, 6) is -21.5. The molecule has 0 radical (unpaired) electrons. The van der Waals surface area contributed by atoms with E-state index in [-0.39, 0.29) is 62.4 Å². The number of aromatic hydroxyl groups is 1. The molecule has 2 fully saturated rings. The van der Waals surface area contributed by atoms with Crippen LogP contribution in [0.3, 0.4) is 0 Å². The molecule has 46 heteroatoms. The van der Waals surface area contributed by atoms with E-state index in [0.29, 0.717) is 52.4 Å². The Hall–Kier alpha value is -14.4. The summed E-state index contributed by atoms with van der Waals surface area (Å²) in [5, 5.41) is 86.3. The number of phenolic OH excluding ortho intramolecular Hbond substituents is 1. The molecule has 21 N–H and O–H groups in total. The molecule has 6 aromatic rings. The molecule has 0 unspecified atom stereocenters. The van der Waals surface area contributed by atoms with Gasteiger partial charge in [0.05, 0.1) is 43.4 Å². The van der Waals surface area contributed by atoms with E-state index in [0.717, 1.165) is 103 Å². The first-order valence-electron chi connectivity index (χ1n) is 49.7. The van der Waals surface area contributed by atoms with Gasteiger partial charge in [0.2, 0.25) is 106 Å². The maximum Gasteiger partial charge on any atom is 0.305 e. The Morgan fingerprint density at radius 3 is 1.70 bits per heavy atom. The second-order valence-corrected chi connectivity index (χ2v) is 39.1. The quantitative estimate of drug-likeness (QED) is 0.0231. The van der Waals surface area contributed by atoms with E-state index in [1.54, 1.807) is 91.1 Å². The molecule has 806 valence electrons.